The number of hydrogen-bond donors (Lipinski definition) is 0. The Bertz CT molecular complexity index is 1470. The number of rotatable bonds is 6. The molecule has 0 spiro atoms. The first-order valence-corrected chi connectivity index (χ1v) is 14.3. The number of Topliss-reactive ketones (excluding diaryl/α,β-unsaturated/α-hetero) is 1. The summed E-state index contributed by atoms with van der Waals surface area (Å²) in [5.74, 6) is -2.23. The zero-order valence-corrected chi connectivity index (χ0v) is 20.2. The van der Waals surface area contributed by atoms with E-state index in [1.807, 2.05) is 6.07 Å². The van der Waals surface area contributed by atoms with E-state index in [-0.39, 0.29) is 22.8 Å². The maximum atomic E-state index is 14.0. The number of benzene rings is 3. The highest BCUT2D eigenvalue weighted by Gasteiger charge is 2.64. The highest BCUT2D eigenvalue weighted by molar-refractivity contribution is 7.96. The number of hydrogen-bond acceptors (Lipinski definition) is 6. The minimum Gasteiger partial charge on any atom is -0.327 e. The molecule has 2 saturated heterocycles. The summed E-state index contributed by atoms with van der Waals surface area (Å²) < 4.78 is 55.6. The van der Waals surface area contributed by atoms with Gasteiger partial charge in [-0.1, -0.05) is 66.7 Å². The molecule has 9 heteroatoms. The number of piperidine rings is 2. The second-order valence-electron chi connectivity index (χ2n) is 8.82. The fourth-order valence-electron chi connectivity index (χ4n) is 5.20. The van der Waals surface area contributed by atoms with Crippen molar-refractivity contribution in [1.29, 1.82) is 0 Å². The highest BCUT2D eigenvalue weighted by atomic mass is 32.2. The van der Waals surface area contributed by atoms with Gasteiger partial charge in [-0.3, -0.25) is 9.59 Å². The Morgan fingerprint density at radius 2 is 1.11 bits per heavy atom. The second-order valence-corrected chi connectivity index (χ2v) is 13.0. The SMILES string of the molecule is O=C1C[C@@H]2C(=O)N(Cc3ccccc3)[C@H]1[C@@H](S(=O)(=O)c1ccccc1)[C@@H]2S(=O)(=O)c1ccccc1. The second kappa shape index (κ2) is 8.73. The summed E-state index contributed by atoms with van der Waals surface area (Å²) in [4.78, 5) is 27.9. The van der Waals surface area contributed by atoms with Crippen LogP contribution in [0.5, 0.6) is 0 Å². The number of nitrogens with zero attached hydrogens (tertiary/aromatic N) is 1. The van der Waals surface area contributed by atoms with Crippen molar-refractivity contribution >= 4 is 31.4 Å². The summed E-state index contributed by atoms with van der Waals surface area (Å²) in [5, 5.41) is -3.19. The monoisotopic (exact) mass is 509 g/mol. The lowest BCUT2D eigenvalue weighted by Crippen LogP contribution is -2.72. The van der Waals surface area contributed by atoms with Gasteiger partial charge in [-0.25, -0.2) is 16.8 Å². The third-order valence-electron chi connectivity index (χ3n) is 6.77. The molecule has 3 aromatic rings. The normalized spacial score (nSPS) is 24.5. The summed E-state index contributed by atoms with van der Waals surface area (Å²) in [6.07, 6.45) is -0.299. The smallest absolute Gasteiger partial charge is 0.228 e. The van der Waals surface area contributed by atoms with Gasteiger partial charge in [-0.2, -0.15) is 0 Å². The lowest BCUT2D eigenvalue weighted by Gasteiger charge is -2.51. The third-order valence-corrected chi connectivity index (χ3v) is 11.4. The Hall–Kier alpha value is -3.30. The molecule has 3 aromatic carbocycles. The van der Waals surface area contributed by atoms with Gasteiger partial charge in [0.1, 0.15) is 11.3 Å². The molecule has 0 aromatic heterocycles. The Kier molecular flexibility index (Phi) is 5.85. The van der Waals surface area contributed by atoms with Crippen LogP contribution in [0.25, 0.3) is 0 Å². The molecule has 1 aliphatic carbocycles. The summed E-state index contributed by atoms with van der Waals surface area (Å²) in [7, 11) is -8.57. The predicted molar refractivity (Wildman–Crippen MR) is 129 cm³/mol. The molecule has 1 saturated carbocycles. The Morgan fingerprint density at radius 3 is 1.63 bits per heavy atom. The van der Waals surface area contributed by atoms with E-state index < -0.39 is 53.8 Å². The van der Waals surface area contributed by atoms with Crippen LogP contribution in [-0.4, -0.2) is 50.0 Å². The molecule has 3 fully saturated rings. The third kappa shape index (κ3) is 3.88. The van der Waals surface area contributed by atoms with Gasteiger partial charge in [0.15, 0.2) is 25.5 Å². The zero-order chi connectivity index (χ0) is 24.8. The molecule has 35 heavy (non-hydrogen) atoms. The van der Waals surface area contributed by atoms with Crippen molar-refractivity contribution in [2.45, 2.75) is 39.3 Å². The van der Waals surface area contributed by atoms with Crippen molar-refractivity contribution in [2.75, 3.05) is 0 Å². The largest absolute Gasteiger partial charge is 0.327 e. The van der Waals surface area contributed by atoms with Crippen LogP contribution in [0.3, 0.4) is 0 Å². The fraction of sp³-hybridized carbons (Fsp3) is 0.231. The summed E-state index contributed by atoms with van der Waals surface area (Å²) >= 11 is 0. The Balaban J connectivity index is 1.69. The molecule has 4 atom stereocenters. The minimum atomic E-state index is -4.31. The number of sulfone groups is 2. The van der Waals surface area contributed by atoms with Crippen molar-refractivity contribution < 1.29 is 26.4 Å². The molecule has 2 aliphatic heterocycles. The van der Waals surface area contributed by atoms with Gasteiger partial charge < -0.3 is 4.90 Å². The van der Waals surface area contributed by atoms with Crippen molar-refractivity contribution in [3.05, 3.63) is 96.6 Å². The molecule has 0 radical (unpaired) electrons. The van der Waals surface area contributed by atoms with Crippen LogP contribution < -0.4 is 0 Å². The standard InChI is InChI=1S/C26H23NO6S2/c28-22-16-21-24(34(30,31)19-12-6-2-7-13-19)25(35(32,33)20-14-8-3-9-15-20)23(22)27(26(21)29)17-18-10-4-1-5-11-18/h1-15,21,23-25H,16-17H2/t21-,23+,24+,25+/m0/s1. The molecule has 6 rings (SSSR count). The lowest BCUT2D eigenvalue weighted by atomic mass is 9.77. The predicted octanol–water partition coefficient (Wildman–Crippen LogP) is 2.67. The molecular weight excluding hydrogens is 486 g/mol. The molecular formula is C26H23NO6S2. The lowest BCUT2D eigenvalue weighted by molar-refractivity contribution is -0.155. The maximum absolute atomic E-state index is 14.0. The van der Waals surface area contributed by atoms with Gasteiger partial charge in [0.25, 0.3) is 0 Å². The molecule has 180 valence electrons. The number of fused-ring (bicyclic) bond motifs is 3. The molecule has 7 nitrogen and oxygen atoms in total. The van der Waals surface area contributed by atoms with E-state index in [0.717, 1.165) is 5.56 Å². The molecule has 2 bridgehead atoms. The molecule has 1 amide bonds. The molecule has 3 aliphatic rings. The van der Waals surface area contributed by atoms with Crippen LogP contribution in [-0.2, 0) is 35.8 Å². The highest BCUT2D eigenvalue weighted by Crippen LogP contribution is 2.45. The van der Waals surface area contributed by atoms with Crippen molar-refractivity contribution in [3.8, 4) is 0 Å². The van der Waals surface area contributed by atoms with E-state index in [9.17, 15) is 26.4 Å². The van der Waals surface area contributed by atoms with Crippen LogP contribution in [0.4, 0.5) is 0 Å². The number of carbonyl (C=O) groups is 2. The minimum absolute atomic E-state index is 0.0193. The summed E-state index contributed by atoms with van der Waals surface area (Å²) in [6, 6.07) is 22.6. The summed E-state index contributed by atoms with van der Waals surface area (Å²) in [5.41, 5.74) is 0.722. The number of carbonyl (C=O) groups excluding carboxylic acids is 2. The van der Waals surface area contributed by atoms with E-state index in [0.29, 0.717) is 0 Å². The molecule has 0 unspecified atom stereocenters. The maximum Gasteiger partial charge on any atom is 0.228 e. The van der Waals surface area contributed by atoms with E-state index in [1.165, 1.54) is 29.2 Å². The average molecular weight is 510 g/mol. The first-order chi connectivity index (χ1) is 16.7. The fourth-order valence-corrected chi connectivity index (χ4v) is 10.1. The van der Waals surface area contributed by atoms with Gasteiger partial charge in [0, 0.05) is 13.0 Å². The number of ketones is 1. The first-order valence-electron chi connectivity index (χ1n) is 11.2. The van der Waals surface area contributed by atoms with Gasteiger partial charge in [0.2, 0.25) is 5.91 Å². The van der Waals surface area contributed by atoms with Crippen LogP contribution in [0.1, 0.15) is 12.0 Å². The van der Waals surface area contributed by atoms with Gasteiger partial charge in [-0.15, -0.1) is 0 Å². The van der Waals surface area contributed by atoms with Gasteiger partial charge >= 0.3 is 0 Å². The van der Waals surface area contributed by atoms with E-state index in [4.69, 9.17) is 0 Å². The van der Waals surface area contributed by atoms with E-state index >= 15 is 0 Å². The summed E-state index contributed by atoms with van der Waals surface area (Å²) in [6.45, 7) is 0.0193. The van der Waals surface area contributed by atoms with Gasteiger partial charge in [-0.05, 0) is 29.8 Å². The van der Waals surface area contributed by atoms with Crippen molar-refractivity contribution in [1.82, 2.24) is 4.90 Å². The zero-order valence-electron chi connectivity index (χ0n) is 18.6. The topological polar surface area (TPSA) is 106 Å². The van der Waals surface area contributed by atoms with E-state index in [1.54, 1.807) is 60.7 Å². The average Bonchev–Trinajstić information content (AvgIpc) is 2.87. The van der Waals surface area contributed by atoms with Crippen LogP contribution in [0.15, 0.2) is 101 Å². The molecule has 2 heterocycles. The quantitative estimate of drug-likeness (QED) is 0.506. The van der Waals surface area contributed by atoms with Crippen LogP contribution in [0.2, 0.25) is 0 Å². The van der Waals surface area contributed by atoms with Gasteiger partial charge in [0.05, 0.1) is 21.0 Å². The first kappa shape index (κ1) is 23.4. The van der Waals surface area contributed by atoms with Crippen LogP contribution >= 0.6 is 0 Å². The van der Waals surface area contributed by atoms with Crippen molar-refractivity contribution in [3.63, 3.8) is 0 Å². The number of amides is 1. The van der Waals surface area contributed by atoms with Crippen molar-refractivity contribution in [2.24, 2.45) is 5.92 Å². The van der Waals surface area contributed by atoms with E-state index in [2.05, 4.69) is 0 Å². The Labute approximate surface area is 204 Å². The molecule has 0 N–H and O–H groups in total. The Morgan fingerprint density at radius 1 is 0.657 bits per heavy atom. The van der Waals surface area contributed by atoms with Crippen LogP contribution in [0, 0.1) is 5.92 Å².